The van der Waals surface area contributed by atoms with E-state index in [-0.39, 0.29) is 29.2 Å². The number of hydrogen-bond acceptors (Lipinski definition) is 6. The first-order valence-electron chi connectivity index (χ1n) is 13.6. The zero-order valence-corrected chi connectivity index (χ0v) is 24.3. The van der Waals surface area contributed by atoms with Crippen molar-refractivity contribution in [1.29, 1.82) is 0 Å². The molecule has 0 saturated carbocycles. The third kappa shape index (κ3) is 5.59. The van der Waals surface area contributed by atoms with Crippen molar-refractivity contribution in [2.75, 3.05) is 31.6 Å². The second-order valence-corrected chi connectivity index (χ2v) is 10.4. The van der Waals surface area contributed by atoms with Crippen LogP contribution in [0.1, 0.15) is 43.5 Å². The van der Waals surface area contributed by atoms with Crippen LogP contribution in [0.4, 0.5) is 20.3 Å². The SMILES string of the molecule is C=CC(=O)N1CCN(C(=NC)c2cc(F)c(-c3c(O)cccc3F)nc2N(C=O)c2c(C)ccnc2C(C)C)C(C)C1. The van der Waals surface area contributed by atoms with Crippen molar-refractivity contribution in [3.05, 3.63) is 77.6 Å². The van der Waals surface area contributed by atoms with Gasteiger partial charge in [0.05, 0.1) is 22.5 Å². The molecule has 0 bridgehead atoms. The Kier molecular flexibility index (Phi) is 8.99. The molecule has 3 heterocycles. The molecule has 1 unspecified atom stereocenters. The second-order valence-electron chi connectivity index (χ2n) is 10.4. The van der Waals surface area contributed by atoms with Crippen LogP contribution in [0.5, 0.6) is 5.75 Å². The summed E-state index contributed by atoms with van der Waals surface area (Å²) >= 11 is 0. The predicted octanol–water partition coefficient (Wildman–Crippen LogP) is 4.95. The number of anilines is 2. The lowest BCUT2D eigenvalue weighted by atomic mass is 10.0. The number of phenols is 1. The van der Waals surface area contributed by atoms with Crippen molar-refractivity contribution in [2.45, 2.75) is 39.7 Å². The zero-order valence-electron chi connectivity index (χ0n) is 24.3. The molecule has 4 rings (SSSR count). The number of aliphatic imine (C=N–C) groups is 1. The fraction of sp³-hybridized carbons (Fsp3) is 0.323. The molecule has 2 aromatic heterocycles. The summed E-state index contributed by atoms with van der Waals surface area (Å²) in [5, 5.41) is 10.5. The van der Waals surface area contributed by atoms with Crippen molar-refractivity contribution in [3.63, 3.8) is 0 Å². The Labute approximate surface area is 243 Å². The maximum absolute atomic E-state index is 15.9. The molecule has 3 aromatic rings. The molecular weight excluding hydrogens is 542 g/mol. The van der Waals surface area contributed by atoms with Crippen molar-refractivity contribution < 1.29 is 23.5 Å². The summed E-state index contributed by atoms with van der Waals surface area (Å²) in [7, 11) is 1.54. The van der Waals surface area contributed by atoms with Crippen molar-refractivity contribution in [1.82, 2.24) is 19.8 Å². The molecule has 42 heavy (non-hydrogen) atoms. The molecule has 2 amide bonds. The molecule has 1 saturated heterocycles. The molecule has 0 radical (unpaired) electrons. The molecule has 1 aliphatic rings. The van der Waals surface area contributed by atoms with Crippen LogP contribution in [0, 0.1) is 18.6 Å². The van der Waals surface area contributed by atoms with Crippen LogP contribution >= 0.6 is 0 Å². The van der Waals surface area contributed by atoms with E-state index in [9.17, 15) is 19.1 Å². The number of carbonyl (C=O) groups excluding carboxylic acids is 2. The summed E-state index contributed by atoms with van der Waals surface area (Å²) in [6.07, 6.45) is 3.46. The van der Waals surface area contributed by atoms with E-state index in [1.165, 1.54) is 23.1 Å². The molecule has 220 valence electrons. The minimum Gasteiger partial charge on any atom is -0.507 e. The normalized spacial score (nSPS) is 15.6. The number of piperazine rings is 1. The fourth-order valence-electron chi connectivity index (χ4n) is 5.27. The largest absolute Gasteiger partial charge is 0.507 e. The van der Waals surface area contributed by atoms with Crippen LogP contribution in [0.2, 0.25) is 0 Å². The number of phenolic OH excluding ortho intramolecular Hbond substituents is 1. The standard InChI is InChI=1S/C31H34F2N6O3/c1-7-25(42)37-13-14-38(20(5)16-37)30(34-6)21-15-23(33)28(26-22(32)9-8-10-24(26)41)36-31(21)39(17-40)29-19(4)11-12-35-27(29)18(2)3/h7-12,15,17-18,20,41H,1,13-14,16H2,2-6H3. The number of carbonyl (C=O) groups is 2. The molecule has 0 spiro atoms. The van der Waals surface area contributed by atoms with E-state index < -0.39 is 28.6 Å². The highest BCUT2D eigenvalue weighted by Gasteiger charge is 2.33. The minimum atomic E-state index is -0.915. The van der Waals surface area contributed by atoms with Gasteiger partial charge in [0.1, 0.15) is 23.1 Å². The Morgan fingerprint density at radius 2 is 1.98 bits per heavy atom. The first kappa shape index (κ1) is 30.3. The van der Waals surface area contributed by atoms with Gasteiger partial charge < -0.3 is 14.9 Å². The molecule has 1 N–H and O–H groups in total. The number of amidine groups is 1. The van der Waals surface area contributed by atoms with E-state index in [0.29, 0.717) is 48.8 Å². The zero-order chi connectivity index (χ0) is 30.7. The van der Waals surface area contributed by atoms with Crippen LogP contribution in [0.3, 0.4) is 0 Å². The second kappa shape index (κ2) is 12.5. The molecule has 9 nitrogen and oxygen atoms in total. The molecule has 1 aromatic carbocycles. The summed E-state index contributed by atoms with van der Waals surface area (Å²) in [5.41, 5.74) is 1.06. The minimum absolute atomic E-state index is 0.0144. The lowest BCUT2D eigenvalue weighted by Crippen LogP contribution is -2.55. The van der Waals surface area contributed by atoms with Gasteiger partial charge in [-0.1, -0.05) is 26.5 Å². The van der Waals surface area contributed by atoms with Gasteiger partial charge in [-0.15, -0.1) is 0 Å². The van der Waals surface area contributed by atoms with E-state index >= 15 is 4.39 Å². The van der Waals surface area contributed by atoms with Gasteiger partial charge in [0.15, 0.2) is 11.6 Å². The Hall–Kier alpha value is -4.67. The van der Waals surface area contributed by atoms with Gasteiger partial charge in [-0.05, 0) is 55.7 Å². The number of aromatic nitrogens is 2. The van der Waals surface area contributed by atoms with Gasteiger partial charge in [0, 0.05) is 38.9 Å². The number of halogens is 2. The number of nitrogens with zero attached hydrogens (tertiary/aromatic N) is 6. The van der Waals surface area contributed by atoms with Crippen molar-refractivity contribution in [2.24, 2.45) is 4.99 Å². The third-order valence-corrected chi connectivity index (χ3v) is 7.30. The van der Waals surface area contributed by atoms with E-state index in [0.717, 1.165) is 12.1 Å². The molecule has 0 aliphatic carbocycles. The van der Waals surface area contributed by atoms with Gasteiger partial charge >= 0.3 is 0 Å². The number of amides is 2. The highest BCUT2D eigenvalue weighted by atomic mass is 19.1. The topological polar surface area (TPSA) is 102 Å². The molecule has 11 heteroatoms. The summed E-state index contributed by atoms with van der Waals surface area (Å²) in [5.74, 6) is -2.26. The van der Waals surface area contributed by atoms with Crippen LogP contribution in [-0.4, -0.2) is 75.8 Å². The summed E-state index contributed by atoms with van der Waals surface area (Å²) in [4.78, 5) is 43.5. The van der Waals surface area contributed by atoms with E-state index in [4.69, 9.17) is 0 Å². The van der Waals surface area contributed by atoms with Gasteiger partial charge in [-0.25, -0.2) is 13.8 Å². The molecule has 1 atom stereocenters. The summed E-state index contributed by atoms with van der Waals surface area (Å²) in [6, 6.07) is 6.29. The van der Waals surface area contributed by atoms with Crippen molar-refractivity contribution in [3.8, 4) is 17.0 Å². The van der Waals surface area contributed by atoms with Gasteiger partial charge in [0.2, 0.25) is 12.3 Å². The van der Waals surface area contributed by atoms with Gasteiger partial charge in [0.25, 0.3) is 0 Å². The first-order chi connectivity index (χ1) is 20.0. The highest BCUT2D eigenvalue weighted by molar-refractivity contribution is 6.07. The quantitative estimate of drug-likeness (QED) is 0.185. The lowest BCUT2D eigenvalue weighted by Gasteiger charge is -2.41. The van der Waals surface area contributed by atoms with Crippen LogP contribution in [0.15, 0.2) is 54.2 Å². The number of aromatic hydroxyl groups is 1. The van der Waals surface area contributed by atoms with Gasteiger partial charge in [-0.3, -0.25) is 24.5 Å². The number of benzene rings is 1. The van der Waals surface area contributed by atoms with E-state index in [1.54, 1.807) is 24.2 Å². The Morgan fingerprint density at radius 1 is 1.24 bits per heavy atom. The first-order valence-corrected chi connectivity index (χ1v) is 13.6. The summed E-state index contributed by atoms with van der Waals surface area (Å²) in [6.45, 7) is 12.3. The fourth-order valence-corrected chi connectivity index (χ4v) is 5.27. The summed E-state index contributed by atoms with van der Waals surface area (Å²) < 4.78 is 30.9. The molecule has 1 fully saturated rings. The number of pyridine rings is 2. The Morgan fingerprint density at radius 3 is 2.57 bits per heavy atom. The Balaban J connectivity index is 1.98. The Bertz CT molecular complexity index is 1540. The van der Waals surface area contributed by atoms with Crippen LogP contribution in [-0.2, 0) is 9.59 Å². The van der Waals surface area contributed by atoms with E-state index in [2.05, 4.69) is 21.5 Å². The highest BCUT2D eigenvalue weighted by Crippen LogP contribution is 2.39. The maximum atomic E-state index is 15.9. The van der Waals surface area contributed by atoms with Crippen molar-refractivity contribution >= 4 is 29.7 Å². The number of hydrogen-bond donors (Lipinski definition) is 1. The predicted molar refractivity (Wildman–Crippen MR) is 158 cm³/mol. The molecular formula is C31H34F2N6O3. The molecule has 1 aliphatic heterocycles. The smallest absolute Gasteiger partial charge is 0.246 e. The average molecular weight is 577 g/mol. The van der Waals surface area contributed by atoms with Gasteiger partial charge in [-0.2, -0.15) is 0 Å². The van der Waals surface area contributed by atoms with Crippen LogP contribution < -0.4 is 4.90 Å². The third-order valence-electron chi connectivity index (χ3n) is 7.30. The maximum Gasteiger partial charge on any atom is 0.246 e. The number of aryl methyl sites for hydroxylation is 1. The average Bonchev–Trinajstić information content (AvgIpc) is 2.96. The lowest BCUT2D eigenvalue weighted by molar-refractivity contribution is -0.128. The van der Waals surface area contributed by atoms with E-state index in [1.807, 2.05) is 32.6 Å². The number of rotatable bonds is 7. The monoisotopic (exact) mass is 576 g/mol. The van der Waals surface area contributed by atoms with Crippen LogP contribution in [0.25, 0.3) is 11.3 Å².